The topological polar surface area (TPSA) is 85.3 Å². The monoisotopic (exact) mass is 569 g/mol. The van der Waals surface area contributed by atoms with Crippen LogP contribution in [-0.4, -0.2) is 37.6 Å². The first-order valence-corrected chi connectivity index (χ1v) is 13.0. The third-order valence-corrected chi connectivity index (χ3v) is 6.95. The van der Waals surface area contributed by atoms with Crippen LogP contribution in [0.3, 0.4) is 0 Å². The van der Waals surface area contributed by atoms with Crippen molar-refractivity contribution in [2.24, 2.45) is 5.92 Å². The van der Waals surface area contributed by atoms with Crippen molar-refractivity contribution >= 4 is 46.3 Å². The van der Waals surface area contributed by atoms with E-state index in [9.17, 15) is 14.7 Å². The van der Waals surface area contributed by atoms with Crippen LogP contribution >= 0.6 is 23.2 Å². The summed E-state index contributed by atoms with van der Waals surface area (Å²) < 4.78 is 16.5. The number of benzene rings is 3. The van der Waals surface area contributed by atoms with Gasteiger partial charge in [0.15, 0.2) is 11.5 Å². The molecule has 0 saturated carbocycles. The van der Waals surface area contributed by atoms with Gasteiger partial charge in [0.25, 0.3) is 11.7 Å². The summed E-state index contributed by atoms with van der Waals surface area (Å²) in [7, 11) is 2.76. The highest BCUT2D eigenvalue weighted by molar-refractivity contribution is 6.52. The van der Waals surface area contributed by atoms with E-state index in [1.807, 2.05) is 19.1 Å². The normalized spacial score (nSPS) is 16.6. The molecule has 4 rings (SSSR count). The number of aliphatic hydroxyl groups excluding tert-OH is 1. The number of aliphatic hydroxyl groups is 1. The Labute approximate surface area is 237 Å². The van der Waals surface area contributed by atoms with Crippen molar-refractivity contribution in [1.29, 1.82) is 0 Å². The fourth-order valence-electron chi connectivity index (χ4n) is 4.42. The predicted octanol–water partition coefficient (Wildman–Crippen LogP) is 6.98. The molecule has 9 heteroatoms. The van der Waals surface area contributed by atoms with Gasteiger partial charge in [-0.3, -0.25) is 14.5 Å². The number of Topliss-reactive ketones (excluding diaryl/α,β-unsaturated/α-hetero) is 1. The molecule has 0 aliphatic carbocycles. The zero-order chi connectivity index (χ0) is 28.4. The van der Waals surface area contributed by atoms with Gasteiger partial charge in [-0.25, -0.2) is 0 Å². The SMILES string of the molecule is COc1c(Cl)cc(/C(O)=C2\C(=O)C(=O)N(c3ccc(C)cc3)C2c2ccc(OCC(C)C)cc2)c(OC)c1Cl. The van der Waals surface area contributed by atoms with Crippen molar-refractivity contribution < 1.29 is 28.9 Å². The van der Waals surface area contributed by atoms with E-state index in [1.165, 1.54) is 25.2 Å². The molecule has 3 aromatic rings. The first-order chi connectivity index (χ1) is 18.6. The second kappa shape index (κ2) is 11.6. The van der Waals surface area contributed by atoms with Crippen LogP contribution in [0.1, 0.15) is 36.6 Å². The van der Waals surface area contributed by atoms with Gasteiger partial charge in [0.05, 0.1) is 43.0 Å². The average molecular weight is 570 g/mol. The Kier molecular flexibility index (Phi) is 8.42. The lowest BCUT2D eigenvalue weighted by Gasteiger charge is -2.26. The van der Waals surface area contributed by atoms with Gasteiger partial charge in [-0.1, -0.05) is 66.9 Å². The molecule has 0 spiro atoms. The second-order valence-electron chi connectivity index (χ2n) is 9.56. The van der Waals surface area contributed by atoms with Gasteiger partial charge in [0, 0.05) is 5.69 Å². The summed E-state index contributed by atoms with van der Waals surface area (Å²) in [5, 5.41) is 11.7. The Morgan fingerprint density at radius 3 is 2.15 bits per heavy atom. The van der Waals surface area contributed by atoms with Gasteiger partial charge in [-0.05, 0) is 48.7 Å². The molecule has 3 aromatic carbocycles. The van der Waals surface area contributed by atoms with E-state index in [-0.39, 0.29) is 32.7 Å². The summed E-state index contributed by atoms with van der Waals surface area (Å²) >= 11 is 12.8. The van der Waals surface area contributed by atoms with Gasteiger partial charge < -0.3 is 19.3 Å². The minimum Gasteiger partial charge on any atom is -0.507 e. The van der Waals surface area contributed by atoms with Crippen LogP contribution in [0.4, 0.5) is 5.69 Å². The number of methoxy groups -OCH3 is 2. The van der Waals surface area contributed by atoms with Crippen LogP contribution in [-0.2, 0) is 9.59 Å². The fourth-order valence-corrected chi connectivity index (χ4v) is 5.11. The zero-order valence-corrected chi connectivity index (χ0v) is 23.8. The molecular formula is C30H29Cl2NO6. The molecule has 1 atom stereocenters. The van der Waals surface area contributed by atoms with Crippen molar-refractivity contribution in [2.45, 2.75) is 26.8 Å². The largest absolute Gasteiger partial charge is 0.507 e. The van der Waals surface area contributed by atoms with Gasteiger partial charge >= 0.3 is 0 Å². The molecule has 204 valence electrons. The summed E-state index contributed by atoms with van der Waals surface area (Å²) in [6, 6.07) is 14.7. The van der Waals surface area contributed by atoms with E-state index in [2.05, 4.69) is 13.8 Å². The molecule has 1 aliphatic heterocycles. The Morgan fingerprint density at radius 2 is 1.59 bits per heavy atom. The molecule has 1 amide bonds. The minimum absolute atomic E-state index is 0.0185. The Bertz CT molecular complexity index is 1430. The molecule has 1 unspecified atom stereocenters. The number of amides is 1. The maximum atomic E-state index is 13.5. The van der Waals surface area contributed by atoms with Crippen molar-refractivity contribution in [1.82, 2.24) is 0 Å². The summed E-state index contributed by atoms with van der Waals surface area (Å²) in [4.78, 5) is 28.4. The molecular weight excluding hydrogens is 541 g/mol. The van der Waals surface area contributed by atoms with Crippen LogP contribution in [0.2, 0.25) is 10.0 Å². The van der Waals surface area contributed by atoms with Crippen molar-refractivity contribution in [3.8, 4) is 17.2 Å². The third-order valence-electron chi connectivity index (χ3n) is 6.33. The van der Waals surface area contributed by atoms with Crippen LogP contribution in [0.25, 0.3) is 5.76 Å². The highest BCUT2D eigenvalue weighted by Gasteiger charge is 2.47. The number of halogens is 2. The van der Waals surface area contributed by atoms with Gasteiger partial charge in [-0.2, -0.15) is 0 Å². The average Bonchev–Trinajstić information content (AvgIpc) is 3.18. The number of nitrogens with zero attached hydrogens (tertiary/aromatic N) is 1. The standard InChI is InChI=1S/C30H29Cl2NO6/c1-16(2)15-39-20-12-8-18(9-13-20)25-23(27(35)30(36)33(25)19-10-6-17(3)7-11-19)26(34)21-14-22(31)29(38-5)24(32)28(21)37-4/h6-14,16,25,34H,15H2,1-5H3/b26-23+. The molecule has 1 N–H and O–H groups in total. The minimum atomic E-state index is -0.948. The summed E-state index contributed by atoms with van der Waals surface area (Å²) in [6.07, 6.45) is 0. The summed E-state index contributed by atoms with van der Waals surface area (Å²) in [5.74, 6) is -0.921. The van der Waals surface area contributed by atoms with Gasteiger partial charge in [0.1, 0.15) is 16.5 Å². The molecule has 1 aliphatic rings. The number of carbonyl (C=O) groups excluding carboxylic acids is 2. The number of aryl methyl sites for hydroxylation is 1. The molecule has 7 nitrogen and oxygen atoms in total. The smallest absolute Gasteiger partial charge is 0.300 e. The lowest BCUT2D eigenvalue weighted by atomic mass is 9.94. The number of ketones is 1. The predicted molar refractivity (Wildman–Crippen MR) is 152 cm³/mol. The van der Waals surface area contributed by atoms with E-state index in [0.717, 1.165) is 5.56 Å². The molecule has 0 bridgehead atoms. The first kappa shape index (κ1) is 28.3. The Balaban J connectivity index is 1.93. The highest BCUT2D eigenvalue weighted by atomic mass is 35.5. The zero-order valence-electron chi connectivity index (χ0n) is 22.2. The maximum Gasteiger partial charge on any atom is 0.300 e. The van der Waals surface area contributed by atoms with Crippen molar-refractivity contribution in [3.05, 3.63) is 86.9 Å². The van der Waals surface area contributed by atoms with Crippen LogP contribution in [0.15, 0.2) is 60.2 Å². The molecule has 1 fully saturated rings. The molecule has 1 saturated heterocycles. The number of anilines is 1. The lowest BCUT2D eigenvalue weighted by Crippen LogP contribution is -2.29. The summed E-state index contributed by atoms with van der Waals surface area (Å²) in [6.45, 7) is 6.57. The number of carbonyl (C=O) groups is 2. The maximum absolute atomic E-state index is 13.5. The quantitative estimate of drug-likeness (QED) is 0.179. The molecule has 39 heavy (non-hydrogen) atoms. The van der Waals surface area contributed by atoms with Crippen LogP contribution in [0.5, 0.6) is 17.2 Å². The number of rotatable bonds is 8. The molecule has 0 radical (unpaired) electrons. The summed E-state index contributed by atoms with van der Waals surface area (Å²) in [5.41, 5.74) is 2.01. The van der Waals surface area contributed by atoms with E-state index < -0.39 is 23.5 Å². The molecule has 1 heterocycles. The number of ether oxygens (including phenoxy) is 3. The number of hydrogen-bond donors (Lipinski definition) is 1. The van der Waals surface area contributed by atoms with Crippen LogP contribution in [0, 0.1) is 12.8 Å². The third kappa shape index (κ3) is 5.42. The Hall–Kier alpha value is -3.68. The van der Waals surface area contributed by atoms with Crippen molar-refractivity contribution in [3.63, 3.8) is 0 Å². The number of hydrogen-bond acceptors (Lipinski definition) is 6. The van der Waals surface area contributed by atoms with E-state index >= 15 is 0 Å². The van der Waals surface area contributed by atoms with Crippen LogP contribution < -0.4 is 19.1 Å². The highest BCUT2D eigenvalue weighted by Crippen LogP contribution is 2.48. The van der Waals surface area contributed by atoms with Gasteiger partial charge in [-0.15, -0.1) is 0 Å². The van der Waals surface area contributed by atoms with E-state index in [4.69, 9.17) is 37.4 Å². The van der Waals surface area contributed by atoms with Gasteiger partial charge in [0.2, 0.25) is 0 Å². The van der Waals surface area contributed by atoms with Crippen molar-refractivity contribution in [2.75, 3.05) is 25.7 Å². The van der Waals surface area contributed by atoms with E-state index in [0.29, 0.717) is 29.5 Å². The van der Waals surface area contributed by atoms with E-state index in [1.54, 1.807) is 36.4 Å². The lowest BCUT2D eigenvalue weighted by molar-refractivity contribution is -0.132. The Morgan fingerprint density at radius 1 is 0.974 bits per heavy atom. The molecule has 0 aromatic heterocycles. The first-order valence-electron chi connectivity index (χ1n) is 12.3. The fraction of sp³-hybridized carbons (Fsp3) is 0.267. The second-order valence-corrected chi connectivity index (χ2v) is 10.4.